The van der Waals surface area contributed by atoms with Gasteiger partial charge < -0.3 is 5.32 Å². The van der Waals surface area contributed by atoms with Crippen LogP contribution < -0.4 is 5.32 Å². The minimum absolute atomic E-state index is 0.0202. The third-order valence-electron chi connectivity index (χ3n) is 3.42. The number of hydrogen-bond acceptors (Lipinski definition) is 2. The first-order valence-electron chi connectivity index (χ1n) is 7.15. The summed E-state index contributed by atoms with van der Waals surface area (Å²) in [5.41, 5.74) is 1.01. The molecule has 1 aromatic heterocycles. The minimum atomic E-state index is -1.10. The van der Waals surface area contributed by atoms with Gasteiger partial charge in [0.2, 0.25) is 0 Å². The number of benzene rings is 2. The molecule has 1 amide bonds. The van der Waals surface area contributed by atoms with Crippen molar-refractivity contribution in [2.24, 2.45) is 0 Å². The second-order valence-corrected chi connectivity index (χ2v) is 5.65. The first-order valence-corrected chi connectivity index (χ1v) is 7.53. The highest BCUT2D eigenvalue weighted by atomic mass is 35.5. The van der Waals surface area contributed by atoms with Crippen LogP contribution in [0.15, 0.2) is 48.8 Å². The normalized spacial score (nSPS) is 10.7. The van der Waals surface area contributed by atoms with Crippen molar-refractivity contribution in [2.75, 3.05) is 5.32 Å². The van der Waals surface area contributed by atoms with Crippen molar-refractivity contribution in [3.63, 3.8) is 0 Å². The zero-order valence-electron chi connectivity index (χ0n) is 12.6. The Hall–Kier alpha value is -2.80. The number of amides is 1. The number of rotatable bonds is 4. The van der Waals surface area contributed by atoms with E-state index in [1.54, 1.807) is 6.07 Å². The molecule has 1 N–H and O–H groups in total. The maximum atomic E-state index is 13.2. The average Bonchev–Trinajstić information content (AvgIpc) is 3.00. The highest BCUT2D eigenvalue weighted by Gasteiger charge is 2.11. The van der Waals surface area contributed by atoms with Gasteiger partial charge in [-0.2, -0.15) is 5.10 Å². The molecule has 0 aliphatic heterocycles. The summed E-state index contributed by atoms with van der Waals surface area (Å²) in [7, 11) is 0. The molecule has 0 bridgehead atoms. The number of carbonyl (C=O) groups excluding carboxylic acids is 1. The van der Waals surface area contributed by atoms with Gasteiger partial charge in [-0.05, 0) is 35.9 Å². The Bertz CT molecular complexity index is 943. The molecule has 3 rings (SSSR count). The molecular formula is C17H11ClF3N3O. The molecule has 0 radical (unpaired) electrons. The molecule has 25 heavy (non-hydrogen) atoms. The summed E-state index contributed by atoms with van der Waals surface area (Å²) in [6.45, 7) is 0.278. The Morgan fingerprint density at radius 2 is 1.92 bits per heavy atom. The lowest BCUT2D eigenvalue weighted by atomic mass is 10.2. The number of nitrogens with zero attached hydrogens (tertiary/aromatic N) is 2. The molecule has 0 saturated heterocycles. The third kappa shape index (κ3) is 4.00. The van der Waals surface area contributed by atoms with Gasteiger partial charge in [0.15, 0.2) is 11.6 Å². The molecule has 0 aliphatic carbocycles. The largest absolute Gasteiger partial charge is 0.319 e. The van der Waals surface area contributed by atoms with E-state index in [0.717, 1.165) is 12.1 Å². The second-order valence-electron chi connectivity index (χ2n) is 5.25. The summed E-state index contributed by atoms with van der Waals surface area (Å²) in [5.74, 6) is -3.16. The van der Waals surface area contributed by atoms with Gasteiger partial charge in [0.1, 0.15) is 5.82 Å². The highest BCUT2D eigenvalue weighted by molar-refractivity contribution is 6.31. The van der Waals surface area contributed by atoms with Gasteiger partial charge in [-0.1, -0.05) is 17.7 Å². The first-order chi connectivity index (χ1) is 11.9. The van der Waals surface area contributed by atoms with Crippen molar-refractivity contribution < 1.29 is 18.0 Å². The fourth-order valence-electron chi connectivity index (χ4n) is 2.18. The molecule has 2 aromatic carbocycles. The molecule has 8 heteroatoms. The Morgan fingerprint density at radius 1 is 1.12 bits per heavy atom. The number of hydrogen-bond donors (Lipinski definition) is 1. The van der Waals surface area contributed by atoms with E-state index in [1.807, 2.05) is 0 Å². The molecule has 0 saturated carbocycles. The molecule has 1 heterocycles. The molecule has 0 fully saturated rings. The molecule has 4 nitrogen and oxygen atoms in total. The van der Waals surface area contributed by atoms with Crippen LogP contribution in [0.4, 0.5) is 18.9 Å². The van der Waals surface area contributed by atoms with E-state index in [4.69, 9.17) is 11.6 Å². The summed E-state index contributed by atoms with van der Waals surface area (Å²) in [6.07, 6.45) is 2.94. The number of carbonyl (C=O) groups is 1. The number of anilines is 1. The quantitative estimate of drug-likeness (QED) is 0.751. The lowest BCUT2D eigenvalue weighted by molar-refractivity contribution is 0.102. The van der Waals surface area contributed by atoms with E-state index in [-0.39, 0.29) is 17.1 Å². The van der Waals surface area contributed by atoms with Crippen LogP contribution in [0.2, 0.25) is 5.02 Å². The van der Waals surface area contributed by atoms with E-state index in [0.29, 0.717) is 11.3 Å². The summed E-state index contributed by atoms with van der Waals surface area (Å²) in [5, 5.41) is 6.87. The number of halogens is 4. The van der Waals surface area contributed by atoms with Crippen LogP contribution in [0.1, 0.15) is 15.9 Å². The van der Waals surface area contributed by atoms with Crippen LogP contribution in [0, 0.1) is 17.5 Å². The summed E-state index contributed by atoms with van der Waals surface area (Å²) in [6, 6.07) is 6.90. The van der Waals surface area contributed by atoms with Gasteiger partial charge in [-0.3, -0.25) is 9.48 Å². The van der Waals surface area contributed by atoms with Crippen molar-refractivity contribution in [3.05, 3.63) is 82.4 Å². The van der Waals surface area contributed by atoms with Crippen LogP contribution in [0.5, 0.6) is 0 Å². The summed E-state index contributed by atoms with van der Waals surface area (Å²) < 4.78 is 40.6. The molecule has 0 spiro atoms. The predicted molar refractivity (Wildman–Crippen MR) is 87.1 cm³/mol. The monoisotopic (exact) mass is 365 g/mol. The molecule has 128 valence electrons. The van der Waals surface area contributed by atoms with Crippen molar-refractivity contribution in [2.45, 2.75) is 6.54 Å². The van der Waals surface area contributed by atoms with Gasteiger partial charge in [-0.25, -0.2) is 13.2 Å². The van der Waals surface area contributed by atoms with Crippen molar-refractivity contribution in [1.82, 2.24) is 9.78 Å². The number of aromatic nitrogens is 2. The lowest BCUT2D eigenvalue weighted by Crippen LogP contribution is -2.12. The predicted octanol–water partition coefficient (Wildman–Crippen LogP) is 4.25. The fourth-order valence-corrected chi connectivity index (χ4v) is 2.41. The van der Waals surface area contributed by atoms with E-state index in [1.165, 1.54) is 35.3 Å². The van der Waals surface area contributed by atoms with Crippen molar-refractivity contribution in [3.8, 4) is 0 Å². The van der Waals surface area contributed by atoms with Crippen LogP contribution >= 0.6 is 11.6 Å². The smallest absolute Gasteiger partial charge is 0.255 e. The van der Waals surface area contributed by atoms with Crippen molar-refractivity contribution >= 4 is 23.2 Å². The molecule has 0 atom stereocenters. The Morgan fingerprint density at radius 3 is 2.64 bits per heavy atom. The lowest BCUT2D eigenvalue weighted by Gasteiger charge is -2.05. The summed E-state index contributed by atoms with van der Waals surface area (Å²) >= 11 is 5.96. The zero-order valence-corrected chi connectivity index (χ0v) is 13.4. The van der Waals surface area contributed by atoms with Crippen molar-refractivity contribution in [1.29, 1.82) is 0 Å². The highest BCUT2D eigenvalue weighted by Crippen LogP contribution is 2.19. The van der Waals surface area contributed by atoms with Gasteiger partial charge in [-0.15, -0.1) is 0 Å². The zero-order chi connectivity index (χ0) is 18.0. The van der Waals surface area contributed by atoms with E-state index < -0.39 is 23.4 Å². The van der Waals surface area contributed by atoms with Gasteiger partial charge in [0.25, 0.3) is 5.91 Å². The molecular weight excluding hydrogens is 355 g/mol. The standard InChI is InChI=1S/C17H11ClF3N3O/c18-14-6-12(19)3-1-11(14)8-24-9-13(7-22-24)23-17(25)10-2-4-15(20)16(21)5-10/h1-7,9H,8H2,(H,23,25). The average molecular weight is 366 g/mol. The van der Waals surface area contributed by atoms with Gasteiger partial charge in [0, 0.05) is 16.8 Å². The van der Waals surface area contributed by atoms with Crippen LogP contribution in [-0.2, 0) is 6.54 Å². The minimum Gasteiger partial charge on any atom is -0.319 e. The SMILES string of the molecule is O=C(Nc1cnn(Cc2ccc(F)cc2Cl)c1)c1ccc(F)c(F)c1. The Labute approximate surface area is 145 Å². The Kier molecular flexibility index (Phi) is 4.76. The molecule has 0 aliphatic rings. The third-order valence-corrected chi connectivity index (χ3v) is 3.77. The second kappa shape index (κ2) is 6.98. The van der Waals surface area contributed by atoms with Crippen LogP contribution in [0.3, 0.4) is 0 Å². The fraction of sp³-hybridized carbons (Fsp3) is 0.0588. The maximum absolute atomic E-state index is 13.2. The van der Waals surface area contributed by atoms with E-state index in [2.05, 4.69) is 10.4 Å². The first kappa shape index (κ1) is 17.0. The molecule has 0 unspecified atom stereocenters. The maximum Gasteiger partial charge on any atom is 0.255 e. The Balaban J connectivity index is 1.70. The molecule has 3 aromatic rings. The van der Waals surface area contributed by atoms with Crippen LogP contribution in [0.25, 0.3) is 0 Å². The van der Waals surface area contributed by atoms with Gasteiger partial charge in [0.05, 0.1) is 18.4 Å². The topological polar surface area (TPSA) is 46.9 Å². The van der Waals surface area contributed by atoms with E-state index in [9.17, 15) is 18.0 Å². The summed E-state index contributed by atoms with van der Waals surface area (Å²) in [4.78, 5) is 12.0. The number of nitrogens with one attached hydrogen (secondary N) is 1. The van der Waals surface area contributed by atoms with Crippen LogP contribution in [-0.4, -0.2) is 15.7 Å². The van der Waals surface area contributed by atoms with Gasteiger partial charge >= 0.3 is 0 Å². The van der Waals surface area contributed by atoms with E-state index >= 15 is 0 Å².